The van der Waals surface area contributed by atoms with Crippen molar-refractivity contribution in [2.45, 2.75) is 32.2 Å². The van der Waals surface area contributed by atoms with Crippen molar-refractivity contribution in [2.24, 2.45) is 7.05 Å². The van der Waals surface area contributed by atoms with E-state index in [-0.39, 0.29) is 17.4 Å². The summed E-state index contributed by atoms with van der Waals surface area (Å²) in [5.74, 6) is -0.192. The lowest BCUT2D eigenvalue weighted by Gasteiger charge is -2.39. The monoisotopic (exact) mass is 356 g/mol. The van der Waals surface area contributed by atoms with E-state index >= 15 is 0 Å². The summed E-state index contributed by atoms with van der Waals surface area (Å²) in [5.41, 5.74) is 0.797. The van der Waals surface area contributed by atoms with Gasteiger partial charge in [0.25, 0.3) is 11.5 Å². The van der Waals surface area contributed by atoms with E-state index in [0.717, 1.165) is 12.8 Å². The van der Waals surface area contributed by atoms with Crippen LogP contribution in [0.1, 0.15) is 36.5 Å². The first-order valence-corrected chi connectivity index (χ1v) is 8.95. The second-order valence-corrected chi connectivity index (χ2v) is 6.81. The van der Waals surface area contributed by atoms with Crippen LogP contribution in [0.25, 0.3) is 10.9 Å². The number of benzene rings is 1. The minimum absolute atomic E-state index is 0.00849. The lowest BCUT2D eigenvalue weighted by atomic mass is 10.0. The van der Waals surface area contributed by atoms with Crippen molar-refractivity contribution in [1.29, 1.82) is 0 Å². The summed E-state index contributed by atoms with van der Waals surface area (Å²) in [7, 11) is 3.42. The number of unbranched alkanes of at least 4 members (excludes halogenated alkanes) is 1. The van der Waals surface area contributed by atoms with Gasteiger partial charge in [-0.3, -0.25) is 14.4 Å². The van der Waals surface area contributed by atoms with E-state index in [2.05, 4.69) is 11.9 Å². The molecule has 1 aliphatic heterocycles. The summed E-state index contributed by atoms with van der Waals surface area (Å²) in [6.45, 7) is 3.11. The van der Waals surface area contributed by atoms with Gasteiger partial charge in [-0.25, -0.2) is 4.98 Å². The fourth-order valence-corrected chi connectivity index (χ4v) is 3.34. The van der Waals surface area contributed by atoms with E-state index in [9.17, 15) is 14.4 Å². The van der Waals surface area contributed by atoms with Crippen LogP contribution in [-0.4, -0.2) is 57.3 Å². The van der Waals surface area contributed by atoms with E-state index < -0.39 is 6.04 Å². The predicted octanol–water partition coefficient (Wildman–Crippen LogP) is 1.41. The van der Waals surface area contributed by atoms with Crippen LogP contribution in [-0.2, 0) is 11.8 Å². The lowest BCUT2D eigenvalue weighted by molar-refractivity contribution is -0.138. The Balaban J connectivity index is 1.94. The average Bonchev–Trinajstić information content (AvgIpc) is 2.65. The van der Waals surface area contributed by atoms with Gasteiger partial charge in [0.05, 0.1) is 17.2 Å². The molecular weight excluding hydrogens is 332 g/mol. The fraction of sp³-hybridized carbons (Fsp3) is 0.474. The van der Waals surface area contributed by atoms with Gasteiger partial charge in [-0.15, -0.1) is 0 Å². The van der Waals surface area contributed by atoms with Gasteiger partial charge in [-0.2, -0.15) is 0 Å². The predicted molar refractivity (Wildman–Crippen MR) is 99.0 cm³/mol. The first kappa shape index (κ1) is 18.1. The van der Waals surface area contributed by atoms with Gasteiger partial charge in [0, 0.05) is 32.7 Å². The summed E-state index contributed by atoms with van der Waals surface area (Å²) >= 11 is 0. The SMILES string of the molecule is CCCCC1C(=O)N(C)CCN1C(=O)c1ccc2c(=O)n(C)cnc2c1. The van der Waals surface area contributed by atoms with Crippen molar-refractivity contribution in [3.8, 4) is 0 Å². The highest BCUT2D eigenvalue weighted by molar-refractivity contribution is 6.00. The normalized spacial score (nSPS) is 17.8. The van der Waals surface area contributed by atoms with Crippen molar-refractivity contribution in [2.75, 3.05) is 20.1 Å². The summed E-state index contributed by atoms with van der Waals surface area (Å²) < 4.78 is 1.41. The molecule has 0 bridgehead atoms. The number of piperazine rings is 1. The van der Waals surface area contributed by atoms with Gasteiger partial charge < -0.3 is 14.4 Å². The quantitative estimate of drug-likeness (QED) is 0.830. The van der Waals surface area contributed by atoms with E-state index in [0.29, 0.717) is 36.0 Å². The third-order valence-corrected chi connectivity index (χ3v) is 4.97. The van der Waals surface area contributed by atoms with Crippen molar-refractivity contribution in [1.82, 2.24) is 19.4 Å². The van der Waals surface area contributed by atoms with Crippen LogP contribution in [0, 0.1) is 0 Å². The molecule has 1 fully saturated rings. The first-order valence-electron chi connectivity index (χ1n) is 8.95. The van der Waals surface area contributed by atoms with Crippen molar-refractivity contribution in [3.63, 3.8) is 0 Å². The Morgan fingerprint density at radius 1 is 1.23 bits per heavy atom. The van der Waals surface area contributed by atoms with Gasteiger partial charge >= 0.3 is 0 Å². The fourth-order valence-electron chi connectivity index (χ4n) is 3.34. The molecule has 1 aromatic heterocycles. The number of carbonyl (C=O) groups is 2. The number of hydrogen-bond acceptors (Lipinski definition) is 4. The molecule has 1 unspecified atom stereocenters. The maximum absolute atomic E-state index is 13.1. The molecular formula is C19H24N4O3. The standard InChI is InChI=1S/C19H24N4O3/c1-4-5-6-16-19(26)21(2)9-10-23(16)17(24)13-7-8-14-15(11-13)20-12-22(3)18(14)25/h7-8,11-12,16H,4-6,9-10H2,1-3H3. The van der Waals surface area contributed by atoms with Gasteiger partial charge in [-0.1, -0.05) is 19.8 Å². The maximum Gasteiger partial charge on any atom is 0.260 e. The number of likely N-dealkylation sites (N-methyl/N-ethyl adjacent to an activating group) is 1. The number of fused-ring (bicyclic) bond motifs is 1. The third-order valence-electron chi connectivity index (χ3n) is 4.97. The summed E-state index contributed by atoms with van der Waals surface area (Å²) in [5, 5.41) is 0.475. The van der Waals surface area contributed by atoms with Crippen LogP contribution < -0.4 is 5.56 Å². The molecule has 1 saturated heterocycles. The smallest absolute Gasteiger partial charge is 0.260 e. The molecule has 1 aliphatic rings. The Labute approximate surface area is 152 Å². The number of aromatic nitrogens is 2. The van der Waals surface area contributed by atoms with E-state index in [1.165, 1.54) is 10.9 Å². The highest BCUT2D eigenvalue weighted by atomic mass is 16.2. The third kappa shape index (κ3) is 3.21. The summed E-state index contributed by atoms with van der Waals surface area (Å²) in [6.07, 6.45) is 3.97. The molecule has 1 aromatic carbocycles. The van der Waals surface area contributed by atoms with Crippen LogP contribution in [0.5, 0.6) is 0 Å². The molecule has 0 spiro atoms. The van der Waals surface area contributed by atoms with E-state index in [4.69, 9.17) is 0 Å². The summed E-state index contributed by atoms with van der Waals surface area (Å²) in [6, 6.07) is 4.50. The molecule has 0 aliphatic carbocycles. The number of hydrogen-bond donors (Lipinski definition) is 0. The zero-order valence-corrected chi connectivity index (χ0v) is 15.4. The molecule has 3 rings (SSSR count). The van der Waals surface area contributed by atoms with Crippen LogP contribution in [0.4, 0.5) is 0 Å². The molecule has 2 aromatic rings. The molecule has 0 saturated carbocycles. The molecule has 7 nitrogen and oxygen atoms in total. The van der Waals surface area contributed by atoms with Gasteiger partial charge in [0.2, 0.25) is 5.91 Å². The van der Waals surface area contributed by atoms with Gasteiger partial charge in [0.1, 0.15) is 6.04 Å². The first-order chi connectivity index (χ1) is 12.4. The zero-order chi connectivity index (χ0) is 18.8. The second-order valence-electron chi connectivity index (χ2n) is 6.81. The van der Waals surface area contributed by atoms with E-state index in [1.807, 2.05) is 0 Å². The highest BCUT2D eigenvalue weighted by Crippen LogP contribution is 2.20. The molecule has 7 heteroatoms. The number of amides is 2. The number of rotatable bonds is 4. The Hall–Kier alpha value is -2.70. The van der Waals surface area contributed by atoms with Gasteiger partial charge in [0.15, 0.2) is 0 Å². The molecule has 1 atom stereocenters. The Morgan fingerprint density at radius 3 is 2.73 bits per heavy atom. The van der Waals surface area contributed by atoms with E-state index in [1.54, 1.807) is 42.1 Å². The Bertz CT molecular complexity index is 905. The molecule has 0 N–H and O–H groups in total. The molecule has 2 heterocycles. The largest absolute Gasteiger partial charge is 0.342 e. The lowest BCUT2D eigenvalue weighted by Crippen LogP contribution is -2.57. The topological polar surface area (TPSA) is 75.5 Å². The van der Waals surface area contributed by atoms with Crippen LogP contribution in [0.2, 0.25) is 0 Å². The highest BCUT2D eigenvalue weighted by Gasteiger charge is 2.35. The van der Waals surface area contributed by atoms with Gasteiger partial charge in [-0.05, 0) is 24.6 Å². The van der Waals surface area contributed by atoms with Crippen LogP contribution in [0.15, 0.2) is 29.3 Å². The van der Waals surface area contributed by atoms with Crippen molar-refractivity contribution in [3.05, 3.63) is 40.4 Å². The van der Waals surface area contributed by atoms with Crippen LogP contribution in [0.3, 0.4) is 0 Å². The number of aryl methyl sites for hydroxylation is 1. The minimum atomic E-state index is -0.423. The molecule has 26 heavy (non-hydrogen) atoms. The summed E-state index contributed by atoms with van der Waals surface area (Å²) in [4.78, 5) is 45.4. The van der Waals surface area contributed by atoms with Crippen molar-refractivity contribution >= 4 is 22.7 Å². The Morgan fingerprint density at radius 2 is 2.00 bits per heavy atom. The average molecular weight is 356 g/mol. The van der Waals surface area contributed by atoms with Crippen molar-refractivity contribution < 1.29 is 9.59 Å². The molecule has 2 amide bonds. The number of nitrogens with zero attached hydrogens (tertiary/aromatic N) is 4. The second kappa shape index (κ2) is 7.27. The van der Waals surface area contributed by atoms with Crippen LogP contribution >= 0.6 is 0 Å². The zero-order valence-electron chi connectivity index (χ0n) is 15.4. The maximum atomic E-state index is 13.1. The minimum Gasteiger partial charge on any atom is -0.342 e. The molecule has 0 radical (unpaired) electrons. The molecule has 138 valence electrons. The number of carbonyl (C=O) groups excluding carboxylic acids is 2. The Kier molecular flexibility index (Phi) is 5.06.